The van der Waals surface area contributed by atoms with Gasteiger partial charge in [-0.3, -0.25) is 4.98 Å². The number of nitrogens with two attached hydrogens (primary N) is 1. The lowest BCUT2D eigenvalue weighted by Gasteiger charge is -2.37. The van der Waals surface area contributed by atoms with Crippen molar-refractivity contribution in [3.63, 3.8) is 0 Å². The first kappa shape index (κ1) is 27.4. The summed E-state index contributed by atoms with van der Waals surface area (Å²) in [6, 6.07) is 51.1. The number of hydrogen-bond acceptors (Lipinski definition) is 3. The Morgan fingerprint density at radius 2 is 1.11 bits per heavy atom. The average Bonchev–Trinajstić information content (AvgIpc) is 3.46. The number of fused-ring (bicyclic) bond motifs is 1. The van der Waals surface area contributed by atoms with Crippen molar-refractivity contribution in [2.24, 2.45) is 0 Å². The van der Waals surface area contributed by atoms with Gasteiger partial charge in [-0.2, -0.15) is 5.10 Å². The molecule has 4 heteroatoms. The molecule has 0 amide bonds. The van der Waals surface area contributed by atoms with E-state index < -0.39 is 5.54 Å². The third-order valence-electron chi connectivity index (χ3n) is 8.54. The minimum absolute atomic E-state index is 0.755. The summed E-state index contributed by atoms with van der Waals surface area (Å²) >= 11 is 0. The molecule has 5 aromatic carbocycles. The molecular formula is C40H34N4. The first-order valence-corrected chi connectivity index (χ1v) is 15.2. The molecule has 0 saturated carbocycles. The number of aryl methyl sites for hydroxylation is 2. The molecule has 0 radical (unpaired) electrons. The summed E-state index contributed by atoms with van der Waals surface area (Å²) in [4.78, 5) is 4.30. The van der Waals surface area contributed by atoms with Crippen molar-refractivity contribution in [3.05, 3.63) is 186 Å². The molecule has 44 heavy (non-hydrogen) atoms. The summed E-state index contributed by atoms with van der Waals surface area (Å²) in [5, 5.41) is 6.58. The normalized spacial score (nSPS) is 11.5. The third-order valence-corrected chi connectivity index (χ3v) is 8.54. The maximum atomic E-state index is 6.89. The van der Waals surface area contributed by atoms with Crippen molar-refractivity contribution in [2.45, 2.75) is 24.8 Å². The Hall–Kier alpha value is -5.48. The van der Waals surface area contributed by atoms with Crippen LogP contribution in [0.1, 0.15) is 34.2 Å². The number of nitrogens with zero attached hydrogens (tertiary/aromatic N) is 3. The lowest BCUT2D eigenvalue weighted by molar-refractivity contribution is 0.477. The quantitative estimate of drug-likeness (QED) is 0.140. The molecule has 0 fully saturated rings. The number of nitrogen functional groups attached to an aromatic ring is 1. The maximum absolute atomic E-state index is 6.89. The molecule has 2 N–H and O–H groups in total. The highest BCUT2D eigenvalue weighted by atomic mass is 15.3. The van der Waals surface area contributed by atoms with Gasteiger partial charge in [-0.1, -0.05) is 121 Å². The Balaban J connectivity index is 1.49. The fraction of sp³-hybridized carbons (Fsp3) is 0.100. The Bertz CT molecular complexity index is 1870. The van der Waals surface area contributed by atoms with Crippen molar-refractivity contribution < 1.29 is 0 Å². The van der Waals surface area contributed by atoms with Gasteiger partial charge in [0.2, 0.25) is 0 Å². The molecule has 0 bridgehead atoms. The summed E-state index contributed by atoms with van der Waals surface area (Å²) < 4.78 is 2.20. The van der Waals surface area contributed by atoms with E-state index in [2.05, 4.69) is 143 Å². The first-order valence-electron chi connectivity index (χ1n) is 15.2. The molecule has 7 aromatic rings. The van der Waals surface area contributed by atoms with Crippen LogP contribution >= 0.6 is 0 Å². The van der Waals surface area contributed by atoms with Gasteiger partial charge in [0.15, 0.2) is 0 Å². The van der Waals surface area contributed by atoms with E-state index in [1.807, 2.05) is 24.5 Å². The zero-order chi connectivity index (χ0) is 29.8. The van der Waals surface area contributed by atoms with Crippen molar-refractivity contribution in [1.82, 2.24) is 14.8 Å². The van der Waals surface area contributed by atoms with Gasteiger partial charge in [0, 0.05) is 29.0 Å². The summed E-state index contributed by atoms with van der Waals surface area (Å²) in [5.41, 5.74) is 15.7. The monoisotopic (exact) mass is 570 g/mol. The molecule has 2 aromatic heterocycles. The highest BCUT2D eigenvalue weighted by Gasteiger charge is 2.41. The molecule has 2 heterocycles. The van der Waals surface area contributed by atoms with Gasteiger partial charge in [-0.15, -0.1) is 0 Å². The summed E-state index contributed by atoms with van der Waals surface area (Å²) in [5.74, 6) is 0. The third kappa shape index (κ3) is 4.95. The number of hydrogen-bond donors (Lipinski definition) is 1. The van der Waals surface area contributed by atoms with E-state index in [-0.39, 0.29) is 0 Å². The summed E-state index contributed by atoms with van der Waals surface area (Å²) in [7, 11) is 0. The second kappa shape index (κ2) is 12.0. The summed E-state index contributed by atoms with van der Waals surface area (Å²) in [6.45, 7) is 0. The minimum atomic E-state index is -0.755. The van der Waals surface area contributed by atoms with Crippen molar-refractivity contribution in [2.75, 3.05) is 5.73 Å². The maximum Gasteiger partial charge on any atom is 0.138 e. The van der Waals surface area contributed by atoms with E-state index in [4.69, 9.17) is 10.8 Å². The molecule has 0 saturated heterocycles. The Labute approximate surface area is 258 Å². The van der Waals surface area contributed by atoms with Gasteiger partial charge in [0.05, 0.1) is 5.52 Å². The number of aromatic nitrogens is 3. The van der Waals surface area contributed by atoms with Crippen molar-refractivity contribution in [3.8, 4) is 11.3 Å². The highest BCUT2D eigenvalue weighted by Crippen LogP contribution is 2.44. The standard InChI is InChI=1S/C40H34N4/c41-37-29-38-36(28-32(37)17-13-16-30-14-5-1-6-15-30)39(31-24-26-42-27-25-31)43-44(38)40(33-18-7-2-8-19-33,34-20-9-3-10-21-34)35-22-11-4-12-23-35/h1-12,14-15,18-29H,13,16-17,41H2. The van der Waals surface area contributed by atoms with E-state index >= 15 is 0 Å². The molecule has 0 aliphatic rings. The van der Waals surface area contributed by atoms with E-state index in [0.717, 1.165) is 69.4 Å². The Kier molecular flexibility index (Phi) is 7.47. The van der Waals surface area contributed by atoms with E-state index in [1.54, 1.807) is 0 Å². The predicted octanol–water partition coefficient (Wildman–Crippen LogP) is 8.70. The average molecular weight is 571 g/mol. The van der Waals surface area contributed by atoms with Crippen molar-refractivity contribution >= 4 is 16.6 Å². The van der Waals surface area contributed by atoms with E-state index in [0.29, 0.717) is 0 Å². The number of pyridine rings is 1. The van der Waals surface area contributed by atoms with E-state index in [1.165, 1.54) is 5.56 Å². The zero-order valence-corrected chi connectivity index (χ0v) is 24.6. The molecule has 0 aliphatic heterocycles. The number of benzene rings is 5. The van der Waals surface area contributed by atoms with Crippen LogP contribution in [0.5, 0.6) is 0 Å². The van der Waals surface area contributed by atoms with Gasteiger partial charge in [0.1, 0.15) is 11.2 Å². The topological polar surface area (TPSA) is 56.7 Å². The van der Waals surface area contributed by atoms with Crippen LogP contribution in [-0.2, 0) is 18.4 Å². The van der Waals surface area contributed by atoms with Crippen LogP contribution in [-0.4, -0.2) is 14.8 Å². The largest absolute Gasteiger partial charge is 0.398 e. The zero-order valence-electron chi connectivity index (χ0n) is 24.6. The van der Waals surface area contributed by atoms with Crippen LogP contribution in [0.15, 0.2) is 158 Å². The molecule has 0 aliphatic carbocycles. The van der Waals surface area contributed by atoms with Gasteiger partial charge in [-0.25, -0.2) is 4.68 Å². The van der Waals surface area contributed by atoms with Crippen LogP contribution in [0, 0.1) is 0 Å². The fourth-order valence-electron chi connectivity index (χ4n) is 6.45. The first-order chi connectivity index (χ1) is 21.7. The van der Waals surface area contributed by atoms with Gasteiger partial charge in [0.25, 0.3) is 0 Å². The number of rotatable bonds is 9. The number of anilines is 1. The summed E-state index contributed by atoms with van der Waals surface area (Å²) in [6.07, 6.45) is 6.57. The van der Waals surface area contributed by atoms with Crippen LogP contribution in [0.25, 0.3) is 22.2 Å². The fourth-order valence-corrected chi connectivity index (χ4v) is 6.45. The second-order valence-electron chi connectivity index (χ2n) is 11.2. The molecule has 214 valence electrons. The van der Waals surface area contributed by atoms with Gasteiger partial charge >= 0.3 is 0 Å². The highest BCUT2D eigenvalue weighted by molar-refractivity contribution is 5.96. The second-order valence-corrected chi connectivity index (χ2v) is 11.2. The minimum Gasteiger partial charge on any atom is -0.398 e. The van der Waals surface area contributed by atoms with Gasteiger partial charge < -0.3 is 5.73 Å². The Morgan fingerprint density at radius 1 is 0.591 bits per heavy atom. The van der Waals surface area contributed by atoms with E-state index in [9.17, 15) is 0 Å². The predicted molar refractivity (Wildman–Crippen MR) is 180 cm³/mol. The van der Waals surface area contributed by atoms with Crippen LogP contribution in [0.3, 0.4) is 0 Å². The molecule has 4 nitrogen and oxygen atoms in total. The van der Waals surface area contributed by atoms with Crippen molar-refractivity contribution in [1.29, 1.82) is 0 Å². The Morgan fingerprint density at radius 3 is 1.66 bits per heavy atom. The molecular weight excluding hydrogens is 536 g/mol. The van der Waals surface area contributed by atoms with Crippen LogP contribution in [0.4, 0.5) is 5.69 Å². The SMILES string of the molecule is Nc1cc2c(cc1CCCc1ccccc1)c(-c1ccncc1)nn2C(c1ccccc1)(c1ccccc1)c1ccccc1. The lowest BCUT2D eigenvalue weighted by Crippen LogP contribution is -2.38. The van der Waals surface area contributed by atoms with Crippen LogP contribution in [0.2, 0.25) is 0 Å². The lowest BCUT2D eigenvalue weighted by atomic mass is 9.77. The molecule has 7 rings (SSSR count). The van der Waals surface area contributed by atoms with Crippen LogP contribution < -0.4 is 5.73 Å². The van der Waals surface area contributed by atoms with Gasteiger partial charge in [-0.05, 0) is 71.3 Å². The molecule has 0 atom stereocenters. The molecule has 0 unspecified atom stereocenters. The molecule has 0 spiro atoms. The smallest absolute Gasteiger partial charge is 0.138 e.